The number of esters is 1. The third-order valence-corrected chi connectivity index (χ3v) is 3.89. The van der Waals surface area contributed by atoms with Crippen LogP contribution in [0, 0.1) is 0 Å². The average molecular weight is 384 g/mol. The molecule has 0 aliphatic rings. The van der Waals surface area contributed by atoms with Crippen LogP contribution in [0.15, 0.2) is 54.6 Å². The summed E-state index contributed by atoms with van der Waals surface area (Å²) in [6.45, 7) is 1.99. The van der Waals surface area contributed by atoms with Crippen LogP contribution in [-0.2, 0) is 25.7 Å². The van der Waals surface area contributed by atoms with E-state index in [0.29, 0.717) is 17.7 Å². The molecule has 0 aromatic heterocycles. The van der Waals surface area contributed by atoms with Gasteiger partial charge in [-0.15, -0.1) is 0 Å². The van der Waals surface area contributed by atoms with E-state index in [9.17, 15) is 14.4 Å². The number of alkyl carbamates (subject to hydrolysis) is 1. The predicted molar refractivity (Wildman–Crippen MR) is 104 cm³/mol. The summed E-state index contributed by atoms with van der Waals surface area (Å²) in [4.78, 5) is 36.1. The van der Waals surface area contributed by atoms with Crippen molar-refractivity contribution in [3.05, 3.63) is 65.7 Å². The minimum Gasteiger partial charge on any atom is -0.467 e. The lowest BCUT2D eigenvalue weighted by atomic mass is 10.1. The molecule has 7 nitrogen and oxygen atoms in total. The normalized spacial score (nSPS) is 11.2. The van der Waals surface area contributed by atoms with Gasteiger partial charge in [0.05, 0.1) is 7.11 Å². The van der Waals surface area contributed by atoms with E-state index >= 15 is 0 Å². The minimum absolute atomic E-state index is 0.0771. The van der Waals surface area contributed by atoms with Gasteiger partial charge in [-0.05, 0) is 29.7 Å². The number of hydrogen-bond donors (Lipinski definition) is 2. The lowest BCUT2D eigenvalue weighted by molar-refractivity contribution is -0.143. The molecule has 0 heterocycles. The quantitative estimate of drug-likeness (QED) is 0.679. The first kappa shape index (κ1) is 21.0. The molecule has 0 radical (unpaired) electrons. The van der Waals surface area contributed by atoms with Gasteiger partial charge in [-0.2, -0.15) is 0 Å². The number of anilines is 1. The maximum Gasteiger partial charge on any atom is 0.408 e. The molecule has 1 atom stereocenters. The van der Waals surface area contributed by atoms with Crippen LogP contribution in [0.3, 0.4) is 0 Å². The monoisotopic (exact) mass is 384 g/mol. The fourth-order valence-electron chi connectivity index (χ4n) is 2.53. The maximum atomic E-state index is 12.2. The molecular weight excluding hydrogens is 360 g/mol. The van der Waals surface area contributed by atoms with E-state index in [1.54, 1.807) is 24.3 Å². The van der Waals surface area contributed by atoms with Gasteiger partial charge in [-0.1, -0.05) is 49.4 Å². The molecule has 148 valence electrons. The van der Waals surface area contributed by atoms with Crippen LogP contribution in [0.2, 0.25) is 0 Å². The summed E-state index contributed by atoms with van der Waals surface area (Å²) in [6, 6.07) is 14.8. The van der Waals surface area contributed by atoms with E-state index in [1.165, 1.54) is 7.11 Å². The zero-order chi connectivity index (χ0) is 20.4. The second kappa shape index (κ2) is 10.7. The Kier molecular flexibility index (Phi) is 8.02. The average Bonchev–Trinajstić information content (AvgIpc) is 2.71. The molecule has 0 spiro atoms. The molecule has 0 unspecified atom stereocenters. The first-order chi connectivity index (χ1) is 13.5. The summed E-state index contributed by atoms with van der Waals surface area (Å²) in [5.74, 6) is -0.766. The highest BCUT2D eigenvalue weighted by Gasteiger charge is 2.24. The van der Waals surface area contributed by atoms with Crippen LogP contribution in [-0.4, -0.2) is 25.1 Å². The van der Waals surface area contributed by atoms with E-state index < -0.39 is 18.1 Å². The molecule has 2 aromatic carbocycles. The number of ether oxygens (including phenoxy) is 2. The highest BCUT2D eigenvalue weighted by molar-refractivity contribution is 5.91. The molecule has 0 aliphatic heterocycles. The second-order valence-electron chi connectivity index (χ2n) is 6.09. The molecule has 2 rings (SSSR count). The van der Waals surface area contributed by atoms with E-state index in [0.717, 1.165) is 12.0 Å². The maximum absolute atomic E-state index is 12.2. The van der Waals surface area contributed by atoms with Crippen molar-refractivity contribution in [2.45, 2.75) is 32.4 Å². The standard InChI is InChI=1S/C21H24N2O5/c1-3-8-18(24)22-17-12-7-11-16(13-17)19(20(25)27-2)23-21(26)28-14-15-9-5-4-6-10-15/h4-7,9-13,19H,3,8,14H2,1-2H3,(H,22,24)(H,23,26)/t19-/m0/s1. The van der Waals surface area contributed by atoms with Gasteiger partial charge in [0, 0.05) is 12.1 Å². The summed E-state index contributed by atoms with van der Waals surface area (Å²) in [5.41, 5.74) is 1.83. The number of benzene rings is 2. The number of rotatable bonds is 8. The Morgan fingerprint density at radius 2 is 1.79 bits per heavy atom. The van der Waals surface area contributed by atoms with Crippen molar-refractivity contribution in [3.63, 3.8) is 0 Å². The Balaban J connectivity index is 2.07. The Bertz CT molecular complexity index is 807. The van der Waals surface area contributed by atoms with Crippen LogP contribution >= 0.6 is 0 Å². The lowest BCUT2D eigenvalue weighted by Crippen LogP contribution is -2.35. The van der Waals surface area contributed by atoms with Crippen LogP contribution in [0.1, 0.15) is 36.9 Å². The fourth-order valence-corrected chi connectivity index (χ4v) is 2.53. The molecular formula is C21H24N2O5. The highest BCUT2D eigenvalue weighted by Crippen LogP contribution is 2.20. The zero-order valence-corrected chi connectivity index (χ0v) is 15.9. The molecule has 28 heavy (non-hydrogen) atoms. The van der Waals surface area contributed by atoms with Gasteiger partial charge in [0.2, 0.25) is 5.91 Å². The molecule has 0 saturated heterocycles. The second-order valence-corrected chi connectivity index (χ2v) is 6.09. The minimum atomic E-state index is -1.06. The summed E-state index contributed by atoms with van der Waals surface area (Å²) < 4.78 is 9.97. The summed E-state index contributed by atoms with van der Waals surface area (Å²) >= 11 is 0. The van der Waals surface area contributed by atoms with Crippen molar-refractivity contribution in [1.82, 2.24) is 5.32 Å². The Morgan fingerprint density at radius 1 is 1.04 bits per heavy atom. The number of amides is 2. The number of carbonyl (C=O) groups is 3. The molecule has 0 saturated carbocycles. The molecule has 0 fully saturated rings. The Hall–Kier alpha value is -3.35. The van der Waals surface area contributed by atoms with Gasteiger partial charge in [-0.25, -0.2) is 9.59 Å². The van der Waals surface area contributed by atoms with Crippen molar-refractivity contribution in [1.29, 1.82) is 0 Å². The molecule has 2 aromatic rings. The van der Waals surface area contributed by atoms with Crippen molar-refractivity contribution in [2.24, 2.45) is 0 Å². The third-order valence-electron chi connectivity index (χ3n) is 3.89. The Labute approximate surface area is 164 Å². The molecule has 7 heteroatoms. The molecule has 0 bridgehead atoms. The molecule has 2 amide bonds. The first-order valence-electron chi connectivity index (χ1n) is 8.98. The number of carbonyl (C=O) groups excluding carboxylic acids is 3. The summed E-state index contributed by atoms with van der Waals surface area (Å²) in [5, 5.41) is 5.27. The summed E-state index contributed by atoms with van der Waals surface area (Å²) in [7, 11) is 1.24. The van der Waals surface area contributed by atoms with Crippen molar-refractivity contribution < 1.29 is 23.9 Å². The van der Waals surface area contributed by atoms with Crippen molar-refractivity contribution >= 4 is 23.7 Å². The van der Waals surface area contributed by atoms with Gasteiger partial charge >= 0.3 is 12.1 Å². The van der Waals surface area contributed by atoms with Gasteiger partial charge in [0.1, 0.15) is 6.61 Å². The molecule has 0 aliphatic carbocycles. The van der Waals surface area contributed by atoms with E-state index in [4.69, 9.17) is 9.47 Å². The van der Waals surface area contributed by atoms with E-state index in [1.807, 2.05) is 37.3 Å². The number of methoxy groups -OCH3 is 1. The molecule has 2 N–H and O–H groups in total. The lowest BCUT2D eigenvalue weighted by Gasteiger charge is -2.18. The van der Waals surface area contributed by atoms with Crippen LogP contribution in [0.4, 0.5) is 10.5 Å². The third kappa shape index (κ3) is 6.42. The zero-order valence-electron chi connectivity index (χ0n) is 15.9. The van der Waals surface area contributed by atoms with E-state index in [-0.39, 0.29) is 12.5 Å². The largest absolute Gasteiger partial charge is 0.467 e. The highest BCUT2D eigenvalue weighted by atomic mass is 16.6. The number of hydrogen-bond acceptors (Lipinski definition) is 5. The van der Waals surface area contributed by atoms with Crippen molar-refractivity contribution in [3.8, 4) is 0 Å². The van der Waals surface area contributed by atoms with Gasteiger partial charge in [0.25, 0.3) is 0 Å². The first-order valence-corrected chi connectivity index (χ1v) is 8.98. The number of nitrogens with one attached hydrogen (secondary N) is 2. The topological polar surface area (TPSA) is 93.7 Å². The Morgan fingerprint density at radius 3 is 2.46 bits per heavy atom. The van der Waals surface area contributed by atoms with Crippen molar-refractivity contribution in [2.75, 3.05) is 12.4 Å². The van der Waals surface area contributed by atoms with Gasteiger partial charge < -0.3 is 20.1 Å². The smallest absolute Gasteiger partial charge is 0.408 e. The SMILES string of the molecule is CCCC(=O)Nc1cccc([C@H](NC(=O)OCc2ccccc2)C(=O)OC)c1. The van der Waals surface area contributed by atoms with Crippen LogP contribution in [0.25, 0.3) is 0 Å². The fraction of sp³-hybridized carbons (Fsp3) is 0.286. The van der Waals surface area contributed by atoms with E-state index in [2.05, 4.69) is 10.6 Å². The van der Waals surface area contributed by atoms with Crippen LogP contribution in [0.5, 0.6) is 0 Å². The summed E-state index contributed by atoms with van der Waals surface area (Å²) in [6.07, 6.45) is 0.375. The van der Waals surface area contributed by atoms with Gasteiger partial charge in [-0.3, -0.25) is 4.79 Å². The predicted octanol–water partition coefficient (Wildman–Crippen LogP) is 3.57. The van der Waals surface area contributed by atoms with Crippen LogP contribution < -0.4 is 10.6 Å². The van der Waals surface area contributed by atoms with Gasteiger partial charge in [0.15, 0.2) is 6.04 Å².